The van der Waals surface area contributed by atoms with Crippen molar-refractivity contribution in [2.45, 2.75) is 0 Å². The summed E-state index contributed by atoms with van der Waals surface area (Å²) in [5.41, 5.74) is 0. The minimum absolute atomic E-state index is 0. The van der Waals surface area contributed by atoms with Crippen molar-refractivity contribution in [2.75, 3.05) is 11.9 Å². The summed E-state index contributed by atoms with van der Waals surface area (Å²) in [6.07, 6.45) is 0. The van der Waals surface area contributed by atoms with E-state index in [2.05, 4.69) is 0 Å². The van der Waals surface area contributed by atoms with Gasteiger partial charge in [0.1, 0.15) is 11.9 Å². The minimum Gasteiger partial charge on any atom is -0.771 e. The van der Waals surface area contributed by atoms with Gasteiger partial charge in [0.25, 0.3) is 0 Å². The zero-order chi connectivity index (χ0) is 8.57. The van der Waals surface area contributed by atoms with Gasteiger partial charge in [-0.1, -0.05) is 0 Å². The van der Waals surface area contributed by atoms with Crippen molar-refractivity contribution in [2.24, 2.45) is 0 Å². The van der Waals surface area contributed by atoms with Crippen molar-refractivity contribution in [1.82, 2.24) is 0 Å². The van der Waals surface area contributed by atoms with E-state index in [1.807, 2.05) is 0 Å². The fraction of sp³-hybridized carbons (Fsp3) is 1.00. The van der Waals surface area contributed by atoms with Crippen LogP contribution in [0.15, 0.2) is 0 Å². The van der Waals surface area contributed by atoms with Gasteiger partial charge in [-0.25, -0.2) is 0 Å². The molecule has 0 aliphatic rings. The molecule has 69 valence electrons. The van der Waals surface area contributed by atoms with Crippen LogP contribution in [-0.2, 0) is 39.2 Å². The normalized spacial score (nSPS) is 13.5. The van der Waals surface area contributed by atoms with Crippen LogP contribution < -0.4 is 0 Å². The molecular formula is C2H6MnO6S2. The van der Waals surface area contributed by atoms with Gasteiger partial charge >= 0.3 is 17.1 Å². The molecule has 6 nitrogen and oxygen atoms in total. The molecule has 0 spiro atoms. The fourth-order valence-electron chi connectivity index (χ4n) is 0. The van der Waals surface area contributed by atoms with Crippen molar-refractivity contribution in [3.8, 4) is 0 Å². The summed E-state index contributed by atoms with van der Waals surface area (Å²) in [5, 5.41) is 15.1. The molecule has 1 radical (unpaired) electrons. The largest absolute Gasteiger partial charge is 2.00 e. The molecule has 0 saturated heterocycles. The van der Waals surface area contributed by atoms with Crippen LogP contribution in [0.1, 0.15) is 0 Å². The van der Waals surface area contributed by atoms with E-state index in [4.69, 9.17) is 27.7 Å². The molecule has 0 saturated carbocycles. The van der Waals surface area contributed by atoms with Crippen molar-refractivity contribution in [1.29, 1.82) is 0 Å². The summed E-state index contributed by atoms with van der Waals surface area (Å²) in [5.74, 6) is -1.56. The predicted octanol–water partition coefficient (Wildman–Crippen LogP) is -2.37. The number of rotatable bonds is 2. The second-order valence-electron chi connectivity index (χ2n) is 0.866. The van der Waals surface area contributed by atoms with Crippen molar-refractivity contribution in [3.63, 3.8) is 0 Å². The molecular weight excluding hydrogens is 239 g/mol. The Morgan fingerprint density at radius 1 is 1.00 bits per heavy atom. The standard InChI is InChI=1S/2CH4O3S.Mn/c2*2-1-5(3)4;/h2*2H,1H2,(H,3,4);/q;;+2/p-2. The van der Waals surface area contributed by atoms with Crippen LogP contribution in [0.3, 0.4) is 0 Å². The van der Waals surface area contributed by atoms with E-state index in [-0.39, 0.29) is 17.1 Å². The van der Waals surface area contributed by atoms with Crippen LogP contribution in [-0.4, -0.2) is 39.6 Å². The maximum Gasteiger partial charge on any atom is 2.00 e. The third kappa shape index (κ3) is 36.8. The Morgan fingerprint density at radius 3 is 1.09 bits per heavy atom. The number of hydrogen-bond acceptors (Lipinski definition) is 6. The summed E-state index contributed by atoms with van der Waals surface area (Å²) in [4.78, 5) is 0. The molecule has 9 heteroatoms. The molecule has 0 aromatic heterocycles. The molecule has 0 aliphatic heterocycles. The van der Waals surface area contributed by atoms with Crippen LogP contribution in [0, 0.1) is 0 Å². The van der Waals surface area contributed by atoms with Gasteiger partial charge in [0, 0.05) is 0 Å². The summed E-state index contributed by atoms with van der Waals surface area (Å²) in [7, 11) is 0. The Labute approximate surface area is 79.0 Å². The number of aliphatic hydroxyl groups is 2. The van der Waals surface area contributed by atoms with E-state index in [0.29, 0.717) is 0 Å². The van der Waals surface area contributed by atoms with Crippen LogP contribution in [0.25, 0.3) is 0 Å². The summed E-state index contributed by atoms with van der Waals surface area (Å²) >= 11 is -4.53. The van der Waals surface area contributed by atoms with Gasteiger partial charge in [-0.05, 0) is 22.2 Å². The third-order valence-corrected chi connectivity index (χ3v) is 0.632. The van der Waals surface area contributed by atoms with Crippen molar-refractivity contribution >= 4 is 22.2 Å². The average Bonchev–Trinajstić information content (AvgIpc) is 1.89. The molecule has 0 amide bonds. The minimum atomic E-state index is -2.27. The van der Waals surface area contributed by atoms with E-state index in [1.54, 1.807) is 0 Å². The Balaban J connectivity index is -0.000000107. The molecule has 0 heterocycles. The Morgan fingerprint density at radius 2 is 1.09 bits per heavy atom. The van der Waals surface area contributed by atoms with Gasteiger partial charge in [0.05, 0.1) is 0 Å². The summed E-state index contributed by atoms with van der Waals surface area (Å²) in [6.45, 7) is 0. The third-order valence-electron chi connectivity index (χ3n) is 0.211. The molecule has 0 fully saturated rings. The zero-order valence-electron chi connectivity index (χ0n) is 5.14. The molecule has 0 aromatic rings. The van der Waals surface area contributed by atoms with Gasteiger partial charge in [-0.2, -0.15) is 0 Å². The molecule has 2 atom stereocenters. The topological polar surface area (TPSA) is 121 Å². The molecule has 0 aliphatic carbocycles. The summed E-state index contributed by atoms with van der Waals surface area (Å²) < 4.78 is 36.5. The molecule has 0 rings (SSSR count). The van der Waals surface area contributed by atoms with Gasteiger partial charge in [0.2, 0.25) is 0 Å². The van der Waals surface area contributed by atoms with E-state index in [9.17, 15) is 0 Å². The Hall–Kier alpha value is 0.659. The molecule has 2 N–H and O–H groups in total. The van der Waals surface area contributed by atoms with E-state index < -0.39 is 34.0 Å². The molecule has 0 bridgehead atoms. The SMILES string of the molecule is O=S([O-])CO.O=S([O-])CO.[Mn+2]. The second-order valence-corrected chi connectivity index (χ2v) is 2.60. The first kappa shape index (κ1) is 17.7. The monoisotopic (exact) mass is 245 g/mol. The first-order chi connectivity index (χ1) is 4.54. The van der Waals surface area contributed by atoms with Gasteiger partial charge in [-0.15, -0.1) is 0 Å². The molecule has 2 unspecified atom stereocenters. The van der Waals surface area contributed by atoms with Gasteiger partial charge in [0.15, 0.2) is 0 Å². The smallest absolute Gasteiger partial charge is 0.771 e. The first-order valence-electron chi connectivity index (χ1n) is 1.88. The second kappa shape index (κ2) is 13.3. The van der Waals surface area contributed by atoms with Crippen LogP contribution in [0.5, 0.6) is 0 Å². The molecule has 11 heavy (non-hydrogen) atoms. The van der Waals surface area contributed by atoms with Crippen molar-refractivity contribution < 1.29 is 44.8 Å². The van der Waals surface area contributed by atoms with Crippen LogP contribution in [0.4, 0.5) is 0 Å². The fourth-order valence-corrected chi connectivity index (χ4v) is 0. The predicted molar refractivity (Wildman–Crippen MR) is 32.0 cm³/mol. The quantitative estimate of drug-likeness (QED) is 0.414. The van der Waals surface area contributed by atoms with Crippen LogP contribution in [0.2, 0.25) is 0 Å². The maximum absolute atomic E-state index is 9.12. The van der Waals surface area contributed by atoms with Crippen LogP contribution >= 0.6 is 0 Å². The van der Waals surface area contributed by atoms with Gasteiger partial charge < -0.3 is 19.3 Å². The Kier molecular flexibility index (Phi) is 21.3. The maximum atomic E-state index is 9.12. The Bertz CT molecular complexity index is 103. The average molecular weight is 245 g/mol. The number of aliphatic hydroxyl groups excluding tert-OH is 2. The molecule has 0 aromatic carbocycles. The van der Waals surface area contributed by atoms with Gasteiger partial charge in [-0.3, -0.25) is 8.42 Å². The van der Waals surface area contributed by atoms with Crippen molar-refractivity contribution in [3.05, 3.63) is 0 Å². The summed E-state index contributed by atoms with van der Waals surface area (Å²) in [6, 6.07) is 0. The van der Waals surface area contributed by atoms with E-state index in [0.717, 1.165) is 0 Å². The first-order valence-corrected chi connectivity index (χ1v) is 4.36. The van der Waals surface area contributed by atoms with E-state index in [1.165, 1.54) is 0 Å². The van der Waals surface area contributed by atoms with E-state index >= 15 is 0 Å². The number of hydrogen-bond donors (Lipinski definition) is 2. The zero-order valence-corrected chi connectivity index (χ0v) is 7.95.